The third-order valence-electron chi connectivity index (χ3n) is 4.98. The lowest BCUT2D eigenvalue weighted by molar-refractivity contribution is -0.897. The maximum atomic E-state index is 12.6. The van der Waals surface area contributed by atoms with Crippen LogP contribution in [0.1, 0.15) is 52.3 Å². The molecule has 2 N–H and O–H groups in total. The molecule has 0 aliphatic carbocycles. The normalized spacial score (nSPS) is 18.9. The first-order valence-electron chi connectivity index (χ1n) is 9.97. The highest BCUT2D eigenvalue weighted by molar-refractivity contribution is 7.18. The Labute approximate surface area is 175 Å². The number of esters is 2. The summed E-state index contributed by atoms with van der Waals surface area (Å²) in [5, 5.41) is 3.15. The zero-order valence-electron chi connectivity index (χ0n) is 17.6. The van der Waals surface area contributed by atoms with Gasteiger partial charge in [0.05, 0.1) is 31.9 Å². The van der Waals surface area contributed by atoms with Gasteiger partial charge in [-0.15, -0.1) is 11.3 Å². The van der Waals surface area contributed by atoms with Crippen molar-refractivity contribution in [1.82, 2.24) is 0 Å². The van der Waals surface area contributed by atoms with Crippen molar-refractivity contribution in [2.75, 3.05) is 51.9 Å². The van der Waals surface area contributed by atoms with Crippen LogP contribution in [0, 0.1) is 12.8 Å². The molecule has 0 bridgehead atoms. The number of likely N-dealkylation sites (tertiary alicyclic amines) is 1. The summed E-state index contributed by atoms with van der Waals surface area (Å²) in [7, 11) is 1.52. The van der Waals surface area contributed by atoms with Gasteiger partial charge in [0.2, 0.25) is 0 Å². The topological polar surface area (TPSA) is 95.4 Å². The summed E-state index contributed by atoms with van der Waals surface area (Å²) in [6.45, 7) is 8.43. The van der Waals surface area contributed by atoms with Gasteiger partial charge in [-0.25, -0.2) is 9.59 Å². The van der Waals surface area contributed by atoms with Crippen LogP contribution < -0.4 is 10.2 Å². The Morgan fingerprint density at radius 3 is 2.45 bits per heavy atom. The highest BCUT2D eigenvalue weighted by Gasteiger charge is 2.28. The van der Waals surface area contributed by atoms with Gasteiger partial charge in [0.15, 0.2) is 6.54 Å². The predicted molar refractivity (Wildman–Crippen MR) is 110 cm³/mol. The van der Waals surface area contributed by atoms with Gasteiger partial charge in [-0.1, -0.05) is 6.92 Å². The van der Waals surface area contributed by atoms with E-state index >= 15 is 0 Å². The van der Waals surface area contributed by atoms with Crippen molar-refractivity contribution in [3.63, 3.8) is 0 Å². The van der Waals surface area contributed by atoms with Crippen LogP contribution in [0.4, 0.5) is 5.00 Å². The monoisotopic (exact) mass is 427 g/mol. The Morgan fingerprint density at radius 2 is 1.83 bits per heavy atom. The van der Waals surface area contributed by atoms with E-state index in [4.69, 9.17) is 14.2 Å². The fraction of sp³-hybridized carbons (Fsp3) is 0.650. The smallest absolute Gasteiger partial charge is 0.348 e. The van der Waals surface area contributed by atoms with E-state index in [1.807, 2.05) is 0 Å². The molecule has 0 atom stereocenters. The van der Waals surface area contributed by atoms with Crippen molar-refractivity contribution >= 4 is 34.2 Å². The summed E-state index contributed by atoms with van der Waals surface area (Å²) in [5.74, 6) is -0.595. The van der Waals surface area contributed by atoms with Gasteiger partial charge < -0.3 is 24.4 Å². The molecule has 1 aliphatic heterocycles. The fourth-order valence-corrected chi connectivity index (χ4v) is 4.38. The third-order valence-corrected chi connectivity index (χ3v) is 6.16. The molecule has 0 unspecified atom stereocenters. The molecular formula is C20H31N2O6S+. The molecule has 1 aromatic heterocycles. The number of piperidine rings is 1. The number of hydrogen-bond acceptors (Lipinski definition) is 7. The molecule has 1 aliphatic rings. The molecule has 8 nitrogen and oxygen atoms in total. The summed E-state index contributed by atoms with van der Waals surface area (Å²) >= 11 is 1.04. The minimum Gasteiger partial charge on any atom is -0.462 e. The van der Waals surface area contributed by atoms with Gasteiger partial charge in [0.1, 0.15) is 16.5 Å². The average molecular weight is 428 g/mol. The maximum absolute atomic E-state index is 12.6. The van der Waals surface area contributed by atoms with Gasteiger partial charge in [0.25, 0.3) is 5.91 Å². The lowest BCUT2D eigenvalue weighted by atomic mass is 9.99. The standard InChI is InChI=1S/C20H30N2O6S/c1-5-27-19(24)16-14(3)17(20(25)28-11-10-26-4)29-18(16)21-15(23)12-22-8-6-13(2)7-9-22/h13H,5-12H2,1-4H3,(H,21,23)/p+1. The molecule has 2 heterocycles. The number of hydrogen-bond donors (Lipinski definition) is 2. The van der Waals surface area contributed by atoms with Crippen molar-refractivity contribution in [2.45, 2.75) is 33.6 Å². The Hall–Kier alpha value is -1.97. The first-order chi connectivity index (χ1) is 13.9. The van der Waals surface area contributed by atoms with Crippen LogP contribution in [0.15, 0.2) is 0 Å². The van der Waals surface area contributed by atoms with Gasteiger partial charge in [-0.05, 0) is 38.2 Å². The number of methoxy groups -OCH3 is 1. The summed E-state index contributed by atoms with van der Waals surface area (Å²) in [5.41, 5.74) is 0.663. The number of carbonyl (C=O) groups excluding carboxylic acids is 3. The number of thiophene rings is 1. The third kappa shape index (κ3) is 6.52. The van der Waals surface area contributed by atoms with Crippen LogP contribution in [0.2, 0.25) is 0 Å². The lowest BCUT2D eigenvalue weighted by Crippen LogP contribution is -3.14. The molecule has 1 saturated heterocycles. The van der Waals surface area contributed by atoms with Crippen molar-refractivity contribution < 1.29 is 33.5 Å². The first-order valence-corrected chi connectivity index (χ1v) is 10.8. The average Bonchev–Trinajstić information content (AvgIpc) is 3.00. The van der Waals surface area contributed by atoms with E-state index in [1.165, 1.54) is 12.0 Å². The van der Waals surface area contributed by atoms with Crippen LogP contribution in [0.5, 0.6) is 0 Å². The Morgan fingerprint density at radius 1 is 1.14 bits per heavy atom. The minimum atomic E-state index is -0.563. The Balaban J connectivity index is 2.15. The van der Waals surface area contributed by atoms with Gasteiger partial charge in [0, 0.05) is 7.11 Å². The van der Waals surface area contributed by atoms with E-state index in [-0.39, 0.29) is 36.2 Å². The van der Waals surface area contributed by atoms with Crippen molar-refractivity contribution in [3.05, 3.63) is 16.0 Å². The zero-order chi connectivity index (χ0) is 21.4. The highest BCUT2D eigenvalue weighted by Crippen LogP contribution is 2.34. The number of ether oxygens (including phenoxy) is 3. The van der Waals surface area contributed by atoms with Crippen molar-refractivity contribution in [3.8, 4) is 0 Å². The highest BCUT2D eigenvalue weighted by atomic mass is 32.1. The number of carbonyl (C=O) groups is 3. The number of rotatable bonds is 9. The quantitative estimate of drug-likeness (QED) is 0.456. The summed E-state index contributed by atoms with van der Waals surface area (Å²) in [4.78, 5) is 38.9. The second kappa shape index (κ2) is 11.3. The largest absolute Gasteiger partial charge is 0.462 e. The molecule has 9 heteroatoms. The molecule has 2 rings (SSSR count). The number of anilines is 1. The van der Waals surface area contributed by atoms with Crippen LogP contribution in [0.25, 0.3) is 0 Å². The number of nitrogens with one attached hydrogen (secondary N) is 2. The van der Waals surface area contributed by atoms with E-state index in [1.54, 1.807) is 13.8 Å². The Bertz CT molecular complexity index is 725. The molecule has 0 saturated carbocycles. The lowest BCUT2D eigenvalue weighted by Gasteiger charge is -2.26. The predicted octanol–water partition coefficient (Wildman–Crippen LogP) is 1.29. The van der Waals surface area contributed by atoms with Gasteiger partial charge in [-0.2, -0.15) is 0 Å². The number of quaternary nitrogens is 1. The van der Waals surface area contributed by atoms with E-state index < -0.39 is 11.9 Å². The van der Waals surface area contributed by atoms with Gasteiger partial charge >= 0.3 is 11.9 Å². The summed E-state index contributed by atoms with van der Waals surface area (Å²) in [6, 6.07) is 0. The second-order valence-electron chi connectivity index (χ2n) is 7.27. The van der Waals surface area contributed by atoms with E-state index in [0.717, 1.165) is 37.3 Å². The summed E-state index contributed by atoms with van der Waals surface area (Å²) < 4.78 is 15.2. The van der Waals surface area contributed by atoms with Crippen LogP contribution in [0.3, 0.4) is 0 Å². The second-order valence-corrected chi connectivity index (χ2v) is 8.29. The number of amides is 1. The van der Waals surface area contributed by atoms with E-state index in [2.05, 4.69) is 12.2 Å². The van der Waals surface area contributed by atoms with Gasteiger partial charge in [-0.3, -0.25) is 4.79 Å². The fourth-order valence-electron chi connectivity index (χ4n) is 3.27. The molecule has 0 radical (unpaired) electrons. The molecule has 1 aromatic rings. The minimum absolute atomic E-state index is 0.111. The molecule has 162 valence electrons. The molecule has 0 aromatic carbocycles. The van der Waals surface area contributed by atoms with Crippen LogP contribution >= 0.6 is 11.3 Å². The van der Waals surface area contributed by atoms with Crippen LogP contribution in [-0.4, -0.2) is 64.4 Å². The maximum Gasteiger partial charge on any atom is 0.348 e. The summed E-state index contributed by atoms with van der Waals surface area (Å²) in [6.07, 6.45) is 2.21. The van der Waals surface area contributed by atoms with E-state index in [0.29, 0.717) is 23.0 Å². The van der Waals surface area contributed by atoms with E-state index in [9.17, 15) is 14.4 Å². The van der Waals surface area contributed by atoms with Crippen LogP contribution in [-0.2, 0) is 19.0 Å². The molecule has 0 spiro atoms. The molecule has 1 amide bonds. The van der Waals surface area contributed by atoms with Crippen molar-refractivity contribution in [1.29, 1.82) is 0 Å². The SMILES string of the molecule is CCOC(=O)c1c(NC(=O)C[NH+]2CCC(C)CC2)sc(C(=O)OCCOC)c1C. The Kier molecular flexibility index (Phi) is 9.06. The zero-order valence-corrected chi connectivity index (χ0v) is 18.4. The molecule has 29 heavy (non-hydrogen) atoms. The molecular weight excluding hydrogens is 396 g/mol. The first kappa shape index (κ1) is 23.3. The molecule has 1 fully saturated rings. The van der Waals surface area contributed by atoms with Crippen molar-refractivity contribution in [2.24, 2.45) is 5.92 Å².